The summed E-state index contributed by atoms with van der Waals surface area (Å²) in [6.45, 7) is 2.82. The fraction of sp³-hybridized carbons (Fsp3) is 0.241. The Balaban J connectivity index is 1.35. The molecular formula is C29H26ClFN6O. The molecule has 5 heterocycles. The van der Waals surface area contributed by atoms with E-state index in [0.717, 1.165) is 60.1 Å². The summed E-state index contributed by atoms with van der Waals surface area (Å²) in [6, 6.07) is 12.5. The molecule has 1 saturated heterocycles. The summed E-state index contributed by atoms with van der Waals surface area (Å²) in [5, 5.41) is 15.1. The van der Waals surface area contributed by atoms with Crippen molar-refractivity contribution in [2.75, 3.05) is 26.2 Å². The Hall–Kier alpha value is -3.72. The minimum Gasteiger partial charge on any atom is -0.395 e. The van der Waals surface area contributed by atoms with Gasteiger partial charge in [-0.2, -0.15) is 5.10 Å². The van der Waals surface area contributed by atoms with Gasteiger partial charge in [-0.05, 0) is 60.9 Å². The lowest BCUT2D eigenvalue weighted by atomic mass is 9.99. The van der Waals surface area contributed by atoms with Crippen LogP contribution in [0.5, 0.6) is 0 Å². The van der Waals surface area contributed by atoms with Gasteiger partial charge in [0.15, 0.2) is 5.65 Å². The number of hydrogen-bond donors (Lipinski definition) is 1. The predicted octanol–water partition coefficient (Wildman–Crippen LogP) is 5.64. The summed E-state index contributed by atoms with van der Waals surface area (Å²) in [7, 11) is 0. The van der Waals surface area contributed by atoms with Gasteiger partial charge in [0, 0.05) is 77.1 Å². The van der Waals surface area contributed by atoms with Crippen LogP contribution < -0.4 is 0 Å². The fourth-order valence-electron chi connectivity index (χ4n) is 5.11. The standard InChI is InChI=1S/C29H26ClFN6O/c30-22-3-4-27(31)26(13-22)28-14-25(24-2-1-7-33-29(24)35-28)20-12-19(15-32-16-20)21-17-34-37(18-21)23-5-8-36(9-6-23)10-11-38/h1-4,7,12-18,23,38H,5-6,8-11H2. The topological polar surface area (TPSA) is 80.0 Å². The molecule has 4 aromatic heterocycles. The zero-order chi connectivity index (χ0) is 26.1. The molecule has 192 valence electrons. The van der Waals surface area contributed by atoms with Crippen LogP contribution in [0.2, 0.25) is 5.02 Å². The molecule has 0 bridgehead atoms. The number of pyridine rings is 3. The van der Waals surface area contributed by atoms with Crippen molar-refractivity contribution in [2.45, 2.75) is 18.9 Å². The number of piperidine rings is 1. The highest BCUT2D eigenvalue weighted by atomic mass is 35.5. The van der Waals surface area contributed by atoms with Gasteiger partial charge in [-0.15, -0.1) is 0 Å². The van der Waals surface area contributed by atoms with Gasteiger partial charge >= 0.3 is 0 Å². The second-order valence-electron chi connectivity index (χ2n) is 9.52. The summed E-state index contributed by atoms with van der Waals surface area (Å²) < 4.78 is 16.8. The van der Waals surface area contributed by atoms with Crippen molar-refractivity contribution in [1.82, 2.24) is 29.6 Å². The molecule has 0 aliphatic carbocycles. The van der Waals surface area contributed by atoms with E-state index in [0.29, 0.717) is 28.0 Å². The predicted molar refractivity (Wildman–Crippen MR) is 146 cm³/mol. The first-order valence-electron chi connectivity index (χ1n) is 12.6. The summed E-state index contributed by atoms with van der Waals surface area (Å²) in [6.07, 6.45) is 11.2. The van der Waals surface area contributed by atoms with Crippen molar-refractivity contribution in [3.8, 4) is 33.5 Å². The van der Waals surface area contributed by atoms with E-state index in [1.165, 1.54) is 12.1 Å². The molecule has 1 aliphatic heterocycles. The maximum Gasteiger partial charge on any atom is 0.160 e. The number of hydrogen-bond acceptors (Lipinski definition) is 6. The van der Waals surface area contributed by atoms with Gasteiger partial charge in [-0.3, -0.25) is 9.67 Å². The Kier molecular flexibility index (Phi) is 6.84. The molecule has 0 amide bonds. The van der Waals surface area contributed by atoms with Gasteiger partial charge in [0.2, 0.25) is 0 Å². The Morgan fingerprint density at radius 1 is 0.974 bits per heavy atom. The van der Waals surface area contributed by atoms with E-state index in [1.807, 2.05) is 35.3 Å². The smallest absolute Gasteiger partial charge is 0.160 e. The Labute approximate surface area is 224 Å². The maximum atomic E-state index is 14.7. The minimum absolute atomic E-state index is 0.193. The van der Waals surface area contributed by atoms with Gasteiger partial charge in [0.05, 0.1) is 24.5 Å². The molecule has 1 aliphatic rings. The van der Waals surface area contributed by atoms with E-state index < -0.39 is 5.82 Å². The Morgan fingerprint density at radius 3 is 2.66 bits per heavy atom. The normalized spacial score (nSPS) is 14.8. The van der Waals surface area contributed by atoms with Crippen LogP contribution in [0.1, 0.15) is 18.9 Å². The number of fused-ring (bicyclic) bond motifs is 1. The quantitative estimate of drug-likeness (QED) is 0.307. The van der Waals surface area contributed by atoms with Crippen molar-refractivity contribution in [1.29, 1.82) is 0 Å². The summed E-state index contributed by atoms with van der Waals surface area (Å²) >= 11 is 6.17. The third-order valence-electron chi connectivity index (χ3n) is 7.12. The van der Waals surface area contributed by atoms with Crippen molar-refractivity contribution >= 4 is 22.6 Å². The van der Waals surface area contributed by atoms with E-state index >= 15 is 0 Å². The van der Waals surface area contributed by atoms with Crippen molar-refractivity contribution in [3.63, 3.8) is 0 Å². The lowest BCUT2D eigenvalue weighted by Gasteiger charge is -2.31. The van der Waals surface area contributed by atoms with E-state index in [4.69, 9.17) is 11.6 Å². The van der Waals surface area contributed by atoms with Crippen LogP contribution in [-0.2, 0) is 0 Å². The van der Waals surface area contributed by atoms with Crippen LogP contribution in [0.3, 0.4) is 0 Å². The maximum absolute atomic E-state index is 14.7. The second-order valence-corrected chi connectivity index (χ2v) is 9.96. The van der Waals surface area contributed by atoms with Crippen LogP contribution in [0, 0.1) is 5.82 Å². The van der Waals surface area contributed by atoms with Gasteiger partial charge in [0.1, 0.15) is 5.82 Å². The molecule has 0 unspecified atom stereocenters. The minimum atomic E-state index is -0.399. The molecule has 6 rings (SSSR count). The lowest BCUT2D eigenvalue weighted by Crippen LogP contribution is -2.36. The van der Waals surface area contributed by atoms with Gasteiger partial charge in [0.25, 0.3) is 0 Å². The fourth-order valence-corrected chi connectivity index (χ4v) is 5.28. The van der Waals surface area contributed by atoms with Gasteiger partial charge in [-0.25, -0.2) is 14.4 Å². The van der Waals surface area contributed by atoms with Gasteiger partial charge in [-0.1, -0.05) is 11.6 Å². The van der Waals surface area contributed by atoms with Crippen molar-refractivity contribution in [3.05, 3.63) is 84.3 Å². The number of β-amino-alcohol motifs (C(OH)–C–C–N with tert-alkyl or cyclic N) is 1. The monoisotopic (exact) mass is 528 g/mol. The number of nitrogens with zero attached hydrogens (tertiary/aromatic N) is 6. The number of aliphatic hydroxyl groups is 1. The first-order chi connectivity index (χ1) is 18.6. The second kappa shape index (κ2) is 10.6. The Morgan fingerprint density at radius 2 is 1.82 bits per heavy atom. The van der Waals surface area contributed by atoms with Crippen LogP contribution in [0.25, 0.3) is 44.5 Å². The van der Waals surface area contributed by atoms with Crippen LogP contribution in [-0.4, -0.2) is 61.0 Å². The zero-order valence-electron chi connectivity index (χ0n) is 20.6. The van der Waals surface area contributed by atoms with Gasteiger partial charge < -0.3 is 10.0 Å². The number of halogens is 2. The zero-order valence-corrected chi connectivity index (χ0v) is 21.4. The SMILES string of the molecule is OCCN1CCC(n2cc(-c3cncc(-c4cc(-c5cc(Cl)ccc5F)nc5ncccc45)c3)cn2)CC1. The summed E-state index contributed by atoms with van der Waals surface area (Å²) in [5.41, 5.74) is 4.95. The molecule has 0 saturated carbocycles. The van der Waals surface area contributed by atoms with E-state index in [-0.39, 0.29) is 6.61 Å². The van der Waals surface area contributed by atoms with E-state index in [9.17, 15) is 9.50 Å². The van der Waals surface area contributed by atoms with Crippen molar-refractivity contribution < 1.29 is 9.50 Å². The molecule has 0 atom stereocenters. The van der Waals surface area contributed by atoms with Crippen LogP contribution >= 0.6 is 11.6 Å². The van der Waals surface area contributed by atoms with Crippen molar-refractivity contribution in [2.24, 2.45) is 0 Å². The van der Waals surface area contributed by atoms with Crippen LogP contribution in [0.4, 0.5) is 4.39 Å². The molecule has 0 spiro atoms. The molecule has 1 aromatic carbocycles. The van der Waals surface area contributed by atoms with Crippen LogP contribution in [0.15, 0.2) is 73.4 Å². The highest BCUT2D eigenvalue weighted by Gasteiger charge is 2.21. The largest absolute Gasteiger partial charge is 0.395 e. The molecule has 9 heteroatoms. The number of aromatic nitrogens is 5. The number of benzene rings is 1. The number of aliphatic hydroxyl groups excluding tert-OH is 1. The molecule has 5 aromatic rings. The summed E-state index contributed by atoms with van der Waals surface area (Å²) in [4.78, 5) is 15.9. The molecule has 1 fully saturated rings. The number of rotatable bonds is 6. The molecular weight excluding hydrogens is 503 g/mol. The van der Waals surface area contributed by atoms with E-state index in [1.54, 1.807) is 18.5 Å². The third kappa shape index (κ3) is 4.90. The highest BCUT2D eigenvalue weighted by Crippen LogP contribution is 2.35. The molecule has 1 N–H and O–H groups in total. The lowest BCUT2D eigenvalue weighted by molar-refractivity contribution is 0.146. The first kappa shape index (κ1) is 24.6. The highest BCUT2D eigenvalue weighted by molar-refractivity contribution is 6.30. The Bertz CT molecular complexity index is 1600. The third-order valence-corrected chi connectivity index (χ3v) is 7.36. The average Bonchev–Trinajstić information content (AvgIpc) is 3.45. The molecule has 38 heavy (non-hydrogen) atoms. The first-order valence-corrected chi connectivity index (χ1v) is 13.0. The summed E-state index contributed by atoms with van der Waals surface area (Å²) in [5.74, 6) is -0.399. The van der Waals surface area contributed by atoms with E-state index in [2.05, 4.69) is 37.2 Å². The average molecular weight is 529 g/mol. The number of likely N-dealkylation sites (tertiary alicyclic amines) is 1. The molecule has 0 radical (unpaired) electrons. The molecule has 7 nitrogen and oxygen atoms in total.